The van der Waals surface area contributed by atoms with Crippen LogP contribution < -0.4 is 4.74 Å². The van der Waals surface area contributed by atoms with Gasteiger partial charge in [-0.25, -0.2) is 4.79 Å². The van der Waals surface area contributed by atoms with Crippen LogP contribution >= 0.6 is 0 Å². The normalized spacial score (nSPS) is 13.8. The third-order valence-corrected chi connectivity index (χ3v) is 3.06. The second-order valence-electron chi connectivity index (χ2n) is 4.61. The van der Waals surface area contributed by atoms with E-state index in [0.29, 0.717) is 0 Å². The summed E-state index contributed by atoms with van der Waals surface area (Å²) in [7, 11) is 2.87. The number of hydrogen-bond donors (Lipinski definition) is 2. The van der Waals surface area contributed by atoms with Crippen LogP contribution in [0.2, 0.25) is 0 Å². The van der Waals surface area contributed by atoms with Gasteiger partial charge in [-0.05, 0) is 24.1 Å². The molecule has 0 aliphatic heterocycles. The Morgan fingerprint density at radius 3 is 2.50 bits per heavy atom. The number of rotatable bonds is 9. The number of carbonyl (C=O) groups is 1. The Balaban J connectivity index is 2.56. The first-order valence-electron chi connectivity index (χ1n) is 6.88. The number of hydrogen-bond acceptors (Lipinski definition) is 6. The summed E-state index contributed by atoms with van der Waals surface area (Å²) < 4.78 is 15.2. The number of benzene rings is 1. The van der Waals surface area contributed by atoms with E-state index in [2.05, 4.69) is 4.74 Å². The van der Waals surface area contributed by atoms with Gasteiger partial charge in [0, 0.05) is 6.08 Å². The minimum absolute atomic E-state index is 0.276. The van der Waals surface area contributed by atoms with Crippen LogP contribution in [-0.4, -0.2) is 49.2 Å². The summed E-state index contributed by atoms with van der Waals surface area (Å²) in [6.45, 7) is -0.142. The van der Waals surface area contributed by atoms with Crippen molar-refractivity contribution in [1.82, 2.24) is 0 Å². The molecule has 22 heavy (non-hydrogen) atoms. The summed E-state index contributed by atoms with van der Waals surface area (Å²) in [4.78, 5) is 11.0. The number of aliphatic hydroxyl groups excluding tert-OH is 2. The van der Waals surface area contributed by atoms with Crippen molar-refractivity contribution in [2.24, 2.45) is 0 Å². The number of ether oxygens (including phenoxy) is 3. The van der Waals surface area contributed by atoms with E-state index in [1.54, 1.807) is 13.2 Å². The maximum absolute atomic E-state index is 11.0. The van der Waals surface area contributed by atoms with Crippen LogP contribution in [0.3, 0.4) is 0 Å². The fourth-order valence-corrected chi connectivity index (χ4v) is 1.75. The number of carbonyl (C=O) groups excluding carboxylic acids is 1. The number of esters is 1. The largest absolute Gasteiger partial charge is 0.497 e. The molecule has 2 atom stereocenters. The molecule has 6 heteroatoms. The molecule has 1 aromatic rings. The Morgan fingerprint density at radius 2 is 1.95 bits per heavy atom. The van der Waals surface area contributed by atoms with Crippen LogP contribution in [-0.2, 0) is 20.9 Å². The SMILES string of the molecule is COC(=O)/C=C/C[C@H](OCc1ccc(OC)cc1)[C@H](O)CO. The lowest BCUT2D eigenvalue weighted by Gasteiger charge is -2.20. The molecule has 0 amide bonds. The smallest absolute Gasteiger partial charge is 0.330 e. The van der Waals surface area contributed by atoms with Crippen LogP contribution in [0.1, 0.15) is 12.0 Å². The highest BCUT2D eigenvalue weighted by Gasteiger charge is 2.18. The molecule has 0 radical (unpaired) electrons. The van der Waals surface area contributed by atoms with E-state index in [1.807, 2.05) is 24.3 Å². The molecule has 0 aliphatic carbocycles. The van der Waals surface area contributed by atoms with Gasteiger partial charge in [0.05, 0.1) is 33.5 Å². The zero-order chi connectivity index (χ0) is 16.4. The number of methoxy groups -OCH3 is 2. The molecule has 0 saturated heterocycles. The Kier molecular flexibility index (Phi) is 8.21. The molecule has 6 nitrogen and oxygen atoms in total. The Bertz CT molecular complexity index is 468. The Labute approximate surface area is 129 Å². The quantitative estimate of drug-likeness (QED) is 0.524. The van der Waals surface area contributed by atoms with Crippen molar-refractivity contribution < 1.29 is 29.2 Å². The number of aliphatic hydroxyl groups is 2. The van der Waals surface area contributed by atoms with Crippen LogP contribution in [0.15, 0.2) is 36.4 Å². The summed E-state index contributed by atoms with van der Waals surface area (Å²) in [6.07, 6.45) is 1.44. The predicted molar refractivity (Wildman–Crippen MR) is 80.4 cm³/mol. The maximum atomic E-state index is 11.0. The molecule has 0 spiro atoms. The van der Waals surface area contributed by atoms with Crippen LogP contribution in [0.4, 0.5) is 0 Å². The van der Waals surface area contributed by atoms with Crippen molar-refractivity contribution in [3.8, 4) is 5.75 Å². The fraction of sp³-hybridized carbons (Fsp3) is 0.438. The van der Waals surface area contributed by atoms with Gasteiger partial charge in [0.15, 0.2) is 0 Å². The summed E-state index contributed by atoms with van der Waals surface area (Å²) in [5.74, 6) is 0.268. The zero-order valence-corrected chi connectivity index (χ0v) is 12.8. The predicted octanol–water partition coefficient (Wildman–Crippen LogP) is 1.05. The van der Waals surface area contributed by atoms with Gasteiger partial charge < -0.3 is 24.4 Å². The summed E-state index contributed by atoms with van der Waals surface area (Å²) in [5.41, 5.74) is 0.910. The van der Waals surface area contributed by atoms with Gasteiger partial charge in [0.25, 0.3) is 0 Å². The minimum Gasteiger partial charge on any atom is -0.497 e. The van der Waals surface area contributed by atoms with E-state index in [-0.39, 0.29) is 13.0 Å². The molecule has 1 aromatic carbocycles. The molecule has 0 bridgehead atoms. The van der Waals surface area contributed by atoms with Crippen molar-refractivity contribution >= 4 is 5.97 Å². The topological polar surface area (TPSA) is 85.2 Å². The first kappa shape index (κ1) is 18.2. The van der Waals surface area contributed by atoms with Crippen LogP contribution in [0.5, 0.6) is 5.75 Å². The van der Waals surface area contributed by atoms with Crippen molar-refractivity contribution in [1.29, 1.82) is 0 Å². The third-order valence-electron chi connectivity index (χ3n) is 3.06. The van der Waals surface area contributed by atoms with Gasteiger partial charge >= 0.3 is 5.97 Å². The fourth-order valence-electron chi connectivity index (χ4n) is 1.75. The summed E-state index contributed by atoms with van der Waals surface area (Å²) in [5, 5.41) is 18.8. The molecule has 0 heterocycles. The van der Waals surface area contributed by atoms with E-state index < -0.39 is 24.8 Å². The second kappa shape index (κ2) is 9.94. The highest BCUT2D eigenvalue weighted by Crippen LogP contribution is 2.14. The maximum Gasteiger partial charge on any atom is 0.330 e. The van der Waals surface area contributed by atoms with Crippen molar-refractivity contribution in [2.75, 3.05) is 20.8 Å². The zero-order valence-electron chi connectivity index (χ0n) is 12.8. The van der Waals surface area contributed by atoms with Gasteiger partial charge in [0.1, 0.15) is 11.9 Å². The minimum atomic E-state index is -1.03. The van der Waals surface area contributed by atoms with Crippen LogP contribution in [0.25, 0.3) is 0 Å². The average molecular weight is 310 g/mol. The first-order valence-corrected chi connectivity index (χ1v) is 6.88. The van der Waals surface area contributed by atoms with Crippen molar-refractivity contribution in [2.45, 2.75) is 25.2 Å². The lowest BCUT2D eigenvalue weighted by atomic mass is 10.1. The third kappa shape index (κ3) is 6.26. The molecule has 0 aromatic heterocycles. The standard InChI is InChI=1S/C16H22O6/c1-20-13-8-6-12(7-9-13)11-22-15(14(18)10-17)4-3-5-16(19)21-2/h3,5-9,14-15,17-18H,4,10-11H2,1-2H3/b5-3+/t14-,15+/m1/s1. The van der Waals surface area contributed by atoms with Crippen molar-refractivity contribution in [3.05, 3.63) is 42.0 Å². The van der Waals surface area contributed by atoms with Crippen LogP contribution in [0, 0.1) is 0 Å². The highest BCUT2D eigenvalue weighted by atomic mass is 16.5. The lowest BCUT2D eigenvalue weighted by molar-refractivity contribution is -0.134. The monoisotopic (exact) mass is 310 g/mol. The van der Waals surface area contributed by atoms with E-state index in [9.17, 15) is 9.90 Å². The van der Waals surface area contributed by atoms with E-state index in [1.165, 1.54) is 13.2 Å². The average Bonchev–Trinajstić information content (AvgIpc) is 2.57. The summed E-state index contributed by atoms with van der Waals surface area (Å²) >= 11 is 0. The Hall–Kier alpha value is -1.89. The summed E-state index contributed by atoms with van der Waals surface area (Å²) in [6, 6.07) is 7.33. The molecule has 1 rings (SSSR count). The van der Waals surface area contributed by atoms with E-state index in [0.717, 1.165) is 11.3 Å². The van der Waals surface area contributed by atoms with Gasteiger partial charge in [-0.15, -0.1) is 0 Å². The molecule has 0 unspecified atom stereocenters. The van der Waals surface area contributed by atoms with Gasteiger partial charge in [-0.2, -0.15) is 0 Å². The Morgan fingerprint density at radius 1 is 1.27 bits per heavy atom. The molecular weight excluding hydrogens is 288 g/mol. The van der Waals surface area contributed by atoms with Gasteiger partial charge in [0.2, 0.25) is 0 Å². The second-order valence-corrected chi connectivity index (χ2v) is 4.61. The first-order chi connectivity index (χ1) is 10.6. The molecule has 122 valence electrons. The molecule has 0 saturated carbocycles. The highest BCUT2D eigenvalue weighted by molar-refractivity contribution is 5.81. The molecule has 2 N–H and O–H groups in total. The molecular formula is C16H22O6. The van der Waals surface area contributed by atoms with E-state index in [4.69, 9.17) is 14.6 Å². The molecule has 0 fully saturated rings. The van der Waals surface area contributed by atoms with Gasteiger partial charge in [-0.3, -0.25) is 0 Å². The lowest BCUT2D eigenvalue weighted by Crippen LogP contribution is -2.31. The van der Waals surface area contributed by atoms with Crippen molar-refractivity contribution in [3.63, 3.8) is 0 Å². The van der Waals surface area contributed by atoms with E-state index >= 15 is 0 Å². The van der Waals surface area contributed by atoms with Gasteiger partial charge in [-0.1, -0.05) is 18.2 Å². The molecule has 0 aliphatic rings.